The second kappa shape index (κ2) is 11.1. The summed E-state index contributed by atoms with van der Waals surface area (Å²) in [7, 11) is 0. The molecule has 1 nitrogen and oxygen atoms in total. The maximum absolute atomic E-state index is 13.9. The summed E-state index contributed by atoms with van der Waals surface area (Å²) >= 11 is 0. The molecule has 2 aliphatic carbocycles. The lowest BCUT2D eigenvalue weighted by molar-refractivity contribution is -0.164. The van der Waals surface area contributed by atoms with Crippen LogP contribution in [0.15, 0.2) is 6.07 Å². The molecular weight excluding hydrogens is 478 g/mol. The number of unbranched alkanes of at least 4 members (excludes halogenated alkanes) is 1. The van der Waals surface area contributed by atoms with Gasteiger partial charge in [-0.1, -0.05) is 77.2 Å². The first kappa shape index (κ1) is 27.6. The van der Waals surface area contributed by atoms with Gasteiger partial charge in [-0.25, -0.2) is 0 Å². The van der Waals surface area contributed by atoms with Gasteiger partial charge in [0.1, 0.15) is 17.4 Å². The smallest absolute Gasteiger partial charge is 0.420 e. The van der Waals surface area contributed by atoms with Crippen LogP contribution in [0.2, 0.25) is 0 Å². The minimum atomic E-state index is -5.13. The zero-order valence-electron chi connectivity index (χ0n) is 21.5. The molecule has 36 heavy (non-hydrogen) atoms. The van der Waals surface area contributed by atoms with Gasteiger partial charge >= 0.3 is 12.4 Å². The molecule has 0 bridgehead atoms. The topological polar surface area (TPSA) is 9.23 Å². The molecule has 3 aliphatic rings. The molecule has 2 saturated carbocycles. The summed E-state index contributed by atoms with van der Waals surface area (Å²) < 4.78 is 88.2. The molecule has 4 rings (SSSR count). The molecule has 0 amide bonds. The molecule has 1 aliphatic heterocycles. The van der Waals surface area contributed by atoms with Gasteiger partial charge in [0.25, 0.3) is 0 Å². The van der Waals surface area contributed by atoms with E-state index < -0.39 is 40.9 Å². The Balaban J connectivity index is 1.32. The molecule has 0 aromatic heterocycles. The highest BCUT2D eigenvalue weighted by molar-refractivity contribution is 5.54. The van der Waals surface area contributed by atoms with E-state index in [0.29, 0.717) is 18.8 Å². The SMILES string of the molecule is Cc1cc2c(c(C(F)(F)F)c1C(F)(F)F)OC(C1CCC(CCCCC3CCC(C)CC3)CC1)CC2. The first-order valence-electron chi connectivity index (χ1n) is 13.9. The first-order chi connectivity index (χ1) is 16.9. The van der Waals surface area contributed by atoms with Crippen molar-refractivity contribution >= 4 is 0 Å². The lowest BCUT2D eigenvalue weighted by Crippen LogP contribution is -2.35. The van der Waals surface area contributed by atoms with Crippen molar-refractivity contribution < 1.29 is 31.1 Å². The standard InChI is InChI=1S/C29H40F6O/c1-18-7-9-20(10-8-18)5-3-4-6-21-11-13-22(14-12-21)24-16-15-23-17-19(2)25(28(30,31)32)26(27(23)36-24)29(33,34)35/h17-18,20-22,24H,3-16H2,1-2H3. The normalized spacial score (nSPS) is 29.5. The van der Waals surface area contributed by atoms with Crippen LogP contribution in [-0.2, 0) is 18.8 Å². The van der Waals surface area contributed by atoms with E-state index in [1.807, 2.05) is 0 Å². The Morgan fingerprint density at radius 2 is 1.28 bits per heavy atom. The van der Waals surface area contributed by atoms with E-state index in [0.717, 1.165) is 44.4 Å². The lowest BCUT2D eigenvalue weighted by Gasteiger charge is -2.38. The molecule has 0 radical (unpaired) electrons. The van der Waals surface area contributed by atoms with Crippen LogP contribution in [0.3, 0.4) is 0 Å². The molecule has 1 aromatic rings. The Hall–Kier alpha value is -1.40. The summed E-state index contributed by atoms with van der Waals surface area (Å²) in [5, 5.41) is 0. The Kier molecular flexibility index (Phi) is 8.55. The number of halogens is 6. The van der Waals surface area contributed by atoms with Crippen LogP contribution in [0.5, 0.6) is 5.75 Å². The van der Waals surface area contributed by atoms with Gasteiger partial charge in [-0.2, -0.15) is 26.3 Å². The molecule has 0 spiro atoms. The zero-order valence-corrected chi connectivity index (χ0v) is 21.5. The third-order valence-corrected chi connectivity index (χ3v) is 9.12. The number of benzene rings is 1. The second-order valence-electron chi connectivity index (χ2n) is 11.8. The van der Waals surface area contributed by atoms with Gasteiger partial charge < -0.3 is 4.74 Å². The average molecular weight is 519 g/mol. The van der Waals surface area contributed by atoms with Crippen LogP contribution in [0.1, 0.15) is 113 Å². The summed E-state index contributed by atoms with van der Waals surface area (Å²) in [5.74, 6) is 1.94. The van der Waals surface area contributed by atoms with Gasteiger partial charge in [0.2, 0.25) is 0 Å². The van der Waals surface area contributed by atoms with E-state index in [-0.39, 0.29) is 11.5 Å². The fraction of sp³-hybridized carbons (Fsp3) is 0.793. The largest absolute Gasteiger partial charge is 0.489 e. The lowest BCUT2D eigenvalue weighted by atomic mass is 9.75. The third-order valence-electron chi connectivity index (χ3n) is 9.12. The van der Waals surface area contributed by atoms with Crippen molar-refractivity contribution in [1.29, 1.82) is 0 Å². The third kappa shape index (κ3) is 6.53. The van der Waals surface area contributed by atoms with Gasteiger partial charge in [-0.3, -0.25) is 0 Å². The molecule has 2 fully saturated rings. The van der Waals surface area contributed by atoms with E-state index in [4.69, 9.17) is 4.74 Å². The maximum Gasteiger partial charge on any atom is 0.420 e. The summed E-state index contributed by atoms with van der Waals surface area (Å²) in [6, 6.07) is 1.23. The Bertz CT molecular complexity index is 873. The minimum Gasteiger partial charge on any atom is -0.489 e. The van der Waals surface area contributed by atoms with E-state index in [1.165, 1.54) is 57.4 Å². The zero-order chi connectivity index (χ0) is 26.1. The van der Waals surface area contributed by atoms with Gasteiger partial charge in [0, 0.05) is 0 Å². The second-order valence-corrected chi connectivity index (χ2v) is 11.8. The first-order valence-corrected chi connectivity index (χ1v) is 13.9. The molecule has 7 heteroatoms. The highest BCUT2D eigenvalue weighted by atomic mass is 19.4. The predicted molar refractivity (Wildman–Crippen MR) is 129 cm³/mol. The number of rotatable bonds is 6. The fourth-order valence-corrected chi connectivity index (χ4v) is 7.00. The van der Waals surface area contributed by atoms with E-state index in [9.17, 15) is 26.3 Å². The molecular formula is C29H40F6O. The number of fused-ring (bicyclic) bond motifs is 1. The maximum atomic E-state index is 13.9. The Morgan fingerprint density at radius 1 is 0.750 bits per heavy atom. The van der Waals surface area contributed by atoms with Crippen molar-refractivity contribution in [2.75, 3.05) is 0 Å². The average Bonchev–Trinajstić information content (AvgIpc) is 2.81. The number of ether oxygens (including phenoxy) is 1. The number of alkyl halides is 6. The van der Waals surface area contributed by atoms with Crippen LogP contribution in [0.25, 0.3) is 0 Å². The summed E-state index contributed by atoms with van der Waals surface area (Å²) in [6.07, 6.45) is 4.57. The Morgan fingerprint density at radius 3 is 1.81 bits per heavy atom. The van der Waals surface area contributed by atoms with Gasteiger partial charge in [-0.05, 0) is 67.4 Å². The van der Waals surface area contributed by atoms with Gasteiger partial charge in [0.05, 0.1) is 5.56 Å². The molecule has 0 saturated heterocycles. The van der Waals surface area contributed by atoms with Crippen molar-refractivity contribution in [3.8, 4) is 5.75 Å². The molecule has 0 N–H and O–H groups in total. The van der Waals surface area contributed by atoms with Crippen molar-refractivity contribution in [2.45, 2.75) is 122 Å². The van der Waals surface area contributed by atoms with Gasteiger partial charge in [0.15, 0.2) is 0 Å². The summed E-state index contributed by atoms with van der Waals surface area (Å²) in [6.45, 7) is 3.45. The highest BCUT2D eigenvalue weighted by Crippen LogP contribution is 2.50. The molecule has 1 heterocycles. The number of aryl methyl sites for hydroxylation is 2. The Labute approximate surface area is 211 Å². The van der Waals surface area contributed by atoms with Crippen molar-refractivity contribution in [3.63, 3.8) is 0 Å². The van der Waals surface area contributed by atoms with Crippen LogP contribution in [0, 0.1) is 30.6 Å². The highest BCUT2D eigenvalue weighted by Gasteiger charge is 2.49. The quantitative estimate of drug-likeness (QED) is 0.269. The van der Waals surface area contributed by atoms with Crippen LogP contribution >= 0.6 is 0 Å². The van der Waals surface area contributed by atoms with Crippen molar-refractivity contribution in [3.05, 3.63) is 28.3 Å². The number of hydrogen-bond acceptors (Lipinski definition) is 1. The predicted octanol–water partition coefficient (Wildman–Crippen LogP) is 9.92. The molecule has 1 unspecified atom stereocenters. The van der Waals surface area contributed by atoms with Crippen molar-refractivity contribution in [1.82, 2.24) is 0 Å². The number of hydrogen-bond donors (Lipinski definition) is 0. The van der Waals surface area contributed by atoms with Gasteiger partial charge in [-0.15, -0.1) is 0 Å². The molecule has 1 aromatic carbocycles. The van der Waals surface area contributed by atoms with Crippen LogP contribution in [0.4, 0.5) is 26.3 Å². The molecule has 1 atom stereocenters. The van der Waals surface area contributed by atoms with Crippen molar-refractivity contribution in [2.24, 2.45) is 23.7 Å². The van der Waals surface area contributed by atoms with E-state index in [2.05, 4.69) is 6.92 Å². The van der Waals surface area contributed by atoms with E-state index >= 15 is 0 Å². The summed E-state index contributed by atoms with van der Waals surface area (Å²) in [4.78, 5) is 0. The summed E-state index contributed by atoms with van der Waals surface area (Å²) in [5.41, 5.74) is -3.41. The molecule has 204 valence electrons. The van der Waals surface area contributed by atoms with Crippen LogP contribution < -0.4 is 4.74 Å². The van der Waals surface area contributed by atoms with E-state index in [1.54, 1.807) is 0 Å². The minimum absolute atomic E-state index is 0.107. The van der Waals surface area contributed by atoms with Crippen LogP contribution in [-0.4, -0.2) is 6.10 Å². The fourth-order valence-electron chi connectivity index (χ4n) is 7.00. The monoisotopic (exact) mass is 518 g/mol.